The molecule has 0 aliphatic carbocycles. The van der Waals surface area contributed by atoms with Crippen molar-refractivity contribution in [1.82, 2.24) is 24.6 Å². The van der Waals surface area contributed by atoms with Crippen LogP contribution in [0.3, 0.4) is 0 Å². The quantitative estimate of drug-likeness (QED) is 0.453. The molecule has 0 atom stereocenters. The molecule has 33 heavy (non-hydrogen) atoms. The molecular formula is C24H21N5O4. The minimum Gasteiger partial charge on any atom is -0.463 e. The Balaban J connectivity index is 1.30. The van der Waals surface area contributed by atoms with Gasteiger partial charge in [0.15, 0.2) is 5.76 Å². The number of H-pyrrole nitrogens is 1. The average molecular weight is 443 g/mol. The van der Waals surface area contributed by atoms with Crippen LogP contribution in [0.5, 0.6) is 0 Å². The van der Waals surface area contributed by atoms with E-state index in [-0.39, 0.29) is 17.6 Å². The Morgan fingerprint density at radius 3 is 2.76 bits per heavy atom. The second kappa shape index (κ2) is 7.47. The molecule has 5 heterocycles. The van der Waals surface area contributed by atoms with Crippen molar-refractivity contribution in [3.8, 4) is 11.5 Å². The maximum Gasteiger partial charge on any atom is 0.326 e. The molecule has 1 saturated heterocycles. The number of fused-ring (bicyclic) bond motifs is 2. The number of nitrogens with one attached hydrogen (secondary N) is 1. The van der Waals surface area contributed by atoms with E-state index in [1.54, 1.807) is 31.4 Å². The maximum atomic E-state index is 13.6. The van der Waals surface area contributed by atoms with Crippen LogP contribution in [0.25, 0.3) is 33.6 Å². The van der Waals surface area contributed by atoms with Gasteiger partial charge in [0.05, 0.1) is 33.9 Å². The number of benzene rings is 1. The molecule has 1 aliphatic heterocycles. The summed E-state index contributed by atoms with van der Waals surface area (Å²) in [6.45, 7) is 2.88. The van der Waals surface area contributed by atoms with Crippen molar-refractivity contribution in [1.29, 1.82) is 0 Å². The number of carbonyl (C=O) groups is 1. The number of piperidine rings is 1. The zero-order valence-corrected chi connectivity index (χ0v) is 17.9. The van der Waals surface area contributed by atoms with E-state index in [0.29, 0.717) is 59.7 Å². The summed E-state index contributed by atoms with van der Waals surface area (Å²) in [5.74, 6) is 0.448. The molecule has 9 heteroatoms. The second-order valence-electron chi connectivity index (χ2n) is 8.32. The third-order valence-corrected chi connectivity index (χ3v) is 6.36. The van der Waals surface area contributed by atoms with Crippen LogP contribution < -0.4 is 5.69 Å². The molecule has 0 unspecified atom stereocenters. The van der Waals surface area contributed by atoms with Gasteiger partial charge in [0.1, 0.15) is 5.69 Å². The van der Waals surface area contributed by atoms with Gasteiger partial charge in [-0.2, -0.15) is 0 Å². The second-order valence-corrected chi connectivity index (χ2v) is 8.32. The summed E-state index contributed by atoms with van der Waals surface area (Å²) >= 11 is 0. The minimum atomic E-state index is -0.111. The molecule has 9 nitrogen and oxygen atoms in total. The first-order valence-corrected chi connectivity index (χ1v) is 10.9. The summed E-state index contributed by atoms with van der Waals surface area (Å²) in [6.07, 6.45) is 2.94. The topological polar surface area (TPSA) is 110 Å². The SMILES string of the molecule is Cc1noc2nc(-c3ccco3)cc(C(=O)N3CCC(n4c(=O)[nH]c5ccccc54)CC3)c12. The lowest BCUT2D eigenvalue weighted by Crippen LogP contribution is -2.40. The summed E-state index contributed by atoms with van der Waals surface area (Å²) < 4.78 is 12.7. The molecule has 5 aromatic rings. The lowest BCUT2D eigenvalue weighted by Gasteiger charge is -2.32. The Bertz CT molecular complexity index is 1530. The molecule has 1 aromatic carbocycles. The van der Waals surface area contributed by atoms with Gasteiger partial charge in [0, 0.05) is 19.1 Å². The van der Waals surface area contributed by atoms with Gasteiger partial charge in [-0.05, 0) is 50.1 Å². The third kappa shape index (κ3) is 3.15. The zero-order valence-electron chi connectivity index (χ0n) is 17.9. The fourth-order valence-corrected chi connectivity index (χ4v) is 4.75. The van der Waals surface area contributed by atoms with Crippen molar-refractivity contribution in [3.63, 3.8) is 0 Å². The smallest absolute Gasteiger partial charge is 0.326 e. The van der Waals surface area contributed by atoms with Crippen molar-refractivity contribution < 1.29 is 13.7 Å². The number of rotatable bonds is 3. The van der Waals surface area contributed by atoms with Crippen LogP contribution in [0.4, 0.5) is 0 Å². The fraction of sp³-hybridized carbons (Fsp3) is 0.250. The van der Waals surface area contributed by atoms with E-state index < -0.39 is 0 Å². The number of hydrogen-bond acceptors (Lipinski definition) is 6. The van der Waals surface area contributed by atoms with E-state index in [0.717, 1.165) is 11.0 Å². The van der Waals surface area contributed by atoms with Gasteiger partial charge in [-0.25, -0.2) is 9.78 Å². The summed E-state index contributed by atoms with van der Waals surface area (Å²) in [4.78, 5) is 35.4. The zero-order chi connectivity index (χ0) is 22.5. The molecule has 6 rings (SSSR count). The first-order valence-electron chi connectivity index (χ1n) is 10.9. The van der Waals surface area contributed by atoms with Gasteiger partial charge in [0.25, 0.3) is 11.6 Å². The summed E-state index contributed by atoms with van der Waals surface area (Å²) in [7, 11) is 0. The highest BCUT2D eigenvalue weighted by molar-refractivity contribution is 6.06. The van der Waals surface area contributed by atoms with Crippen molar-refractivity contribution in [2.24, 2.45) is 0 Å². The number of hydrogen-bond donors (Lipinski definition) is 1. The molecular weight excluding hydrogens is 422 g/mol. The van der Waals surface area contributed by atoms with Crippen LogP contribution in [0.2, 0.25) is 0 Å². The van der Waals surface area contributed by atoms with Crippen LogP contribution >= 0.6 is 0 Å². The largest absolute Gasteiger partial charge is 0.463 e. The van der Waals surface area contributed by atoms with Gasteiger partial charge < -0.3 is 18.8 Å². The number of likely N-dealkylation sites (tertiary alicyclic amines) is 1. The third-order valence-electron chi connectivity index (χ3n) is 6.36. The van der Waals surface area contributed by atoms with E-state index in [1.807, 2.05) is 33.7 Å². The predicted octanol–water partition coefficient (Wildman–Crippen LogP) is 3.91. The van der Waals surface area contributed by atoms with Gasteiger partial charge in [-0.1, -0.05) is 17.3 Å². The van der Waals surface area contributed by atoms with Crippen LogP contribution in [0.1, 0.15) is 34.9 Å². The molecule has 1 fully saturated rings. The average Bonchev–Trinajstić information content (AvgIpc) is 3.57. The predicted molar refractivity (Wildman–Crippen MR) is 121 cm³/mol. The number of carbonyl (C=O) groups excluding carboxylic acids is 1. The first kappa shape index (κ1) is 19.5. The fourth-order valence-electron chi connectivity index (χ4n) is 4.75. The number of pyridine rings is 1. The molecule has 4 aromatic heterocycles. The minimum absolute atomic E-state index is 0.0335. The summed E-state index contributed by atoms with van der Waals surface area (Å²) in [5.41, 5.74) is 3.55. The van der Waals surface area contributed by atoms with Crippen molar-refractivity contribution in [2.45, 2.75) is 25.8 Å². The van der Waals surface area contributed by atoms with Crippen LogP contribution in [0.15, 0.2) is 62.5 Å². The summed E-state index contributed by atoms with van der Waals surface area (Å²) in [6, 6.07) is 13.0. The number of aromatic nitrogens is 4. The number of imidazole rings is 1. The normalized spacial score (nSPS) is 15.0. The molecule has 0 radical (unpaired) electrons. The summed E-state index contributed by atoms with van der Waals surface area (Å²) in [5, 5.41) is 4.63. The monoisotopic (exact) mass is 443 g/mol. The van der Waals surface area contributed by atoms with Gasteiger partial charge >= 0.3 is 5.69 Å². The van der Waals surface area contributed by atoms with Crippen molar-refractivity contribution in [3.05, 3.63) is 70.5 Å². The standard InChI is InChI=1S/C24H21N5O4/c1-14-21-16(13-18(20-7-4-12-32-20)25-22(21)33-27-14)23(30)28-10-8-15(9-11-28)29-19-6-3-2-5-17(19)26-24(29)31/h2-7,12-13,15H,8-11H2,1H3,(H,26,31). The van der Waals surface area contributed by atoms with Gasteiger partial charge in [-0.15, -0.1) is 0 Å². The highest BCUT2D eigenvalue weighted by Crippen LogP contribution is 2.30. The van der Waals surface area contributed by atoms with E-state index in [1.165, 1.54) is 0 Å². The Labute approximate surface area is 187 Å². The van der Waals surface area contributed by atoms with E-state index in [4.69, 9.17) is 8.94 Å². The lowest BCUT2D eigenvalue weighted by molar-refractivity contribution is 0.0697. The lowest BCUT2D eigenvalue weighted by atomic mass is 10.0. The Morgan fingerprint density at radius 1 is 1.15 bits per heavy atom. The number of para-hydroxylation sites is 2. The number of aromatic amines is 1. The number of nitrogens with zero attached hydrogens (tertiary/aromatic N) is 4. The molecule has 0 spiro atoms. The van der Waals surface area contributed by atoms with Gasteiger partial charge in [0.2, 0.25) is 0 Å². The highest BCUT2D eigenvalue weighted by Gasteiger charge is 2.29. The maximum absolute atomic E-state index is 13.6. The van der Waals surface area contributed by atoms with E-state index >= 15 is 0 Å². The Kier molecular flexibility index (Phi) is 4.42. The Morgan fingerprint density at radius 2 is 1.97 bits per heavy atom. The van der Waals surface area contributed by atoms with E-state index in [9.17, 15) is 9.59 Å². The molecule has 1 amide bonds. The molecule has 0 saturated carbocycles. The highest BCUT2D eigenvalue weighted by atomic mass is 16.5. The number of furan rings is 1. The first-order chi connectivity index (χ1) is 16.1. The molecule has 1 aliphatic rings. The number of amides is 1. The van der Waals surface area contributed by atoms with Crippen molar-refractivity contribution >= 4 is 28.0 Å². The Hall–Kier alpha value is -4.14. The van der Waals surface area contributed by atoms with Crippen LogP contribution in [-0.4, -0.2) is 43.6 Å². The molecule has 0 bridgehead atoms. The molecule has 1 N–H and O–H groups in total. The van der Waals surface area contributed by atoms with Gasteiger partial charge in [-0.3, -0.25) is 9.36 Å². The molecule has 166 valence electrons. The van der Waals surface area contributed by atoms with E-state index in [2.05, 4.69) is 15.1 Å². The number of aryl methyl sites for hydroxylation is 1. The van der Waals surface area contributed by atoms with Crippen molar-refractivity contribution in [2.75, 3.05) is 13.1 Å². The van der Waals surface area contributed by atoms with Crippen LogP contribution in [0, 0.1) is 6.92 Å². The van der Waals surface area contributed by atoms with Crippen LogP contribution in [-0.2, 0) is 0 Å².